The third kappa shape index (κ3) is 1.55. The molecule has 16 heavy (non-hydrogen) atoms. The van der Waals surface area contributed by atoms with E-state index in [4.69, 9.17) is 0 Å². The Balaban J connectivity index is 2.68. The maximum absolute atomic E-state index is 3.92. The van der Waals surface area contributed by atoms with Gasteiger partial charge in [0.2, 0.25) is 0 Å². The SMILES string of the molecule is C=CC1=C(C=C)[N+](C)(C)c2ccccc2S1. The summed E-state index contributed by atoms with van der Waals surface area (Å²) in [5.74, 6) is 0. The monoisotopic (exact) mass is 230 g/mol. The normalized spacial score (nSPS) is 17.9. The molecule has 0 amide bonds. The minimum absolute atomic E-state index is 0.730. The van der Waals surface area contributed by atoms with Gasteiger partial charge in [-0.05, 0) is 18.2 Å². The van der Waals surface area contributed by atoms with Crippen molar-refractivity contribution in [2.45, 2.75) is 4.90 Å². The van der Waals surface area contributed by atoms with Crippen LogP contribution in [-0.4, -0.2) is 14.1 Å². The van der Waals surface area contributed by atoms with Crippen LogP contribution < -0.4 is 4.48 Å². The number of benzene rings is 1. The molecule has 0 radical (unpaired) electrons. The molecule has 1 aromatic carbocycles. The van der Waals surface area contributed by atoms with Gasteiger partial charge in [-0.25, -0.2) is 0 Å². The molecule has 0 unspecified atom stereocenters. The highest BCUT2D eigenvalue weighted by atomic mass is 32.2. The predicted molar refractivity (Wildman–Crippen MR) is 73.4 cm³/mol. The Labute approximate surface area is 101 Å². The van der Waals surface area contributed by atoms with E-state index in [2.05, 4.69) is 51.5 Å². The first-order chi connectivity index (χ1) is 7.61. The van der Waals surface area contributed by atoms with Crippen LogP contribution in [0.25, 0.3) is 0 Å². The van der Waals surface area contributed by atoms with Crippen molar-refractivity contribution < 1.29 is 0 Å². The van der Waals surface area contributed by atoms with Crippen molar-refractivity contribution in [3.05, 3.63) is 60.2 Å². The molecule has 1 nitrogen and oxygen atoms in total. The first kappa shape index (κ1) is 11.2. The van der Waals surface area contributed by atoms with E-state index in [1.165, 1.54) is 21.2 Å². The van der Waals surface area contributed by atoms with E-state index in [-0.39, 0.29) is 0 Å². The lowest BCUT2D eigenvalue weighted by molar-refractivity contribution is 0.497. The average Bonchev–Trinajstić information content (AvgIpc) is 2.28. The number of likely N-dealkylation sites (N-methyl/N-ethyl adjacent to an activating group) is 1. The quantitative estimate of drug-likeness (QED) is 0.693. The zero-order valence-electron chi connectivity index (χ0n) is 9.73. The summed E-state index contributed by atoms with van der Waals surface area (Å²) in [5.41, 5.74) is 2.52. The Kier molecular flexibility index (Phi) is 2.78. The molecule has 0 aliphatic carbocycles. The highest BCUT2D eigenvalue weighted by molar-refractivity contribution is 8.03. The first-order valence-corrected chi connectivity index (χ1v) is 6.04. The van der Waals surface area contributed by atoms with Crippen molar-refractivity contribution in [2.75, 3.05) is 14.1 Å². The Morgan fingerprint density at radius 1 is 1.12 bits per heavy atom. The third-order valence-electron chi connectivity index (χ3n) is 2.92. The molecule has 82 valence electrons. The van der Waals surface area contributed by atoms with E-state index in [0.717, 1.165) is 4.48 Å². The van der Waals surface area contributed by atoms with Crippen molar-refractivity contribution in [3.8, 4) is 0 Å². The van der Waals surface area contributed by atoms with Gasteiger partial charge in [0.1, 0.15) is 0 Å². The largest absolute Gasteiger partial charge is 0.262 e. The average molecular weight is 230 g/mol. The van der Waals surface area contributed by atoms with Crippen LogP contribution in [-0.2, 0) is 0 Å². The molecule has 2 heteroatoms. The Hall–Kier alpha value is -1.25. The maximum Gasteiger partial charge on any atom is 0.151 e. The van der Waals surface area contributed by atoms with Gasteiger partial charge in [0.25, 0.3) is 0 Å². The maximum atomic E-state index is 3.92. The molecule has 0 saturated carbocycles. The van der Waals surface area contributed by atoms with Crippen molar-refractivity contribution in [1.82, 2.24) is 4.48 Å². The highest BCUT2D eigenvalue weighted by Crippen LogP contribution is 2.46. The number of nitrogens with zero attached hydrogens (tertiary/aromatic N) is 1. The number of hydrogen-bond acceptors (Lipinski definition) is 1. The fraction of sp³-hybridized carbons (Fsp3) is 0.143. The van der Waals surface area contributed by atoms with E-state index >= 15 is 0 Å². The summed E-state index contributed by atoms with van der Waals surface area (Å²) in [7, 11) is 4.36. The lowest BCUT2D eigenvalue weighted by Gasteiger charge is -2.35. The number of fused-ring (bicyclic) bond motifs is 1. The number of allylic oxidation sites excluding steroid dienone is 2. The Morgan fingerprint density at radius 2 is 1.81 bits per heavy atom. The molecular weight excluding hydrogens is 214 g/mol. The first-order valence-electron chi connectivity index (χ1n) is 5.22. The van der Waals surface area contributed by atoms with Crippen molar-refractivity contribution in [3.63, 3.8) is 0 Å². The van der Waals surface area contributed by atoms with Crippen molar-refractivity contribution in [1.29, 1.82) is 0 Å². The summed E-state index contributed by atoms with van der Waals surface area (Å²) in [4.78, 5) is 2.49. The molecule has 0 N–H and O–H groups in total. The lowest BCUT2D eigenvalue weighted by atomic mass is 10.2. The minimum atomic E-state index is 0.730. The summed E-state index contributed by atoms with van der Waals surface area (Å²) < 4.78 is 0.730. The molecule has 1 heterocycles. The lowest BCUT2D eigenvalue weighted by Crippen LogP contribution is -2.41. The van der Waals surface area contributed by atoms with Gasteiger partial charge >= 0.3 is 0 Å². The van der Waals surface area contributed by atoms with Crippen LogP contribution in [0.4, 0.5) is 5.69 Å². The molecule has 2 rings (SSSR count). The number of para-hydroxylation sites is 1. The van der Waals surface area contributed by atoms with Crippen LogP contribution >= 0.6 is 11.8 Å². The van der Waals surface area contributed by atoms with Crippen LogP contribution in [0.15, 0.2) is 65.1 Å². The highest BCUT2D eigenvalue weighted by Gasteiger charge is 2.33. The third-order valence-corrected chi connectivity index (χ3v) is 4.08. The molecule has 0 spiro atoms. The van der Waals surface area contributed by atoms with E-state index in [0.29, 0.717) is 0 Å². The van der Waals surface area contributed by atoms with Gasteiger partial charge in [0.05, 0.1) is 23.9 Å². The van der Waals surface area contributed by atoms with Crippen molar-refractivity contribution in [2.24, 2.45) is 0 Å². The standard InChI is InChI=1S/C14H16NS/c1-5-11-13(6-2)16-14-10-8-7-9-12(14)15(11,3)4/h5-10H,1-2H2,3-4H3/q+1. The smallest absolute Gasteiger partial charge is 0.151 e. The van der Waals surface area contributed by atoms with Crippen molar-refractivity contribution >= 4 is 17.4 Å². The van der Waals surface area contributed by atoms with E-state index in [1.807, 2.05) is 12.2 Å². The number of thioether (sulfide) groups is 1. The topological polar surface area (TPSA) is 0 Å². The molecule has 0 aromatic heterocycles. The number of hydrogen-bond donors (Lipinski definition) is 0. The van der Waals surface area contributed by atoms with Gasteiger partial charge in [0.15, 0.2) is 11.4 Å². The van der Waals surface area contributed by atoms with Crippen LogP contribution in [0.2, 0.25) is 0 Å². The van der Waals surface area contributed by atoms with E-state index < -0.39 is 0 Å². The van der Waals surface area contributed by atoms with Gasteiger partial charge in [-0.3, -0.25) is 4.48 Å². The summed E-state index contributed by atoms with van der Waals surface area (Å²) in [5, 5.41) is 0. The zero-order chi connectivity index (χ0) is 11.8. The van der Waals surface area contributed by atoms with Crippen LogP contribution in [0.3, 0.4) is 0 Å². The molecule has 0 atom stereocenters. The predicted octanol–water partition coefficient (Wildman–Crippen LogP) is 3.94. The van der Waals surface area contributed by atoms with Crippen LogP contribution in [0.1, 0.15) is 0 Å². The van der Waals surface area contributed by atoms with Gasteiger partial charge in [-0.15, -0.1) is 0 Å². The summed E-state index contributed by atoms with van der Waals surface area (Å²) in [6, 6.07) is 8.49. The van der Waals surface area contributed by atoms with Gasteiger partial charge in [0, 0.05) is 6.07 Å². The fourth-order valence-electron chi connectivity index (χ4n) is 2.06. The van der Waals surface area contributed by atoms with E-state index in [1.54, 1.807) is 11.8 Å². The molecular formula is C14H16NS+. The van der Waals surface area contributed by atoms with E-state index in [9.17, 15) is 0 Å². The molecule has 0 saturated heterocycles. The summed E-state index contributed by atoms with van der Waals surface area (Å²) in [6.45, 7) is 7.80. The minimum Gasteiger partial charge on any atom is -0.262 e. The second-order valence-electron chi connectivity index (χ2n) is 4.18. The van der Waals surface area contributed by atoms with Gasteiger partial charge in [-0.1, -0.05) is 37.1 Å². The van der Waals surface area contributed by atoms with Gasteiger partial charge < -0.3 is 0 Å². The zero-order valence-corrected chi connectivity index (χ0v) is 10.6. The van der Waals surface area contributed by atoms with Crippen LogP contribution in [0.5, 0.6) is 0 Å². The molecule has 0 bridgehead atoms. The molecule has 1 aliphatic heterocycles. The Morgan fingerprint density at radius 3 is 2.44 bits per heavy atom. The summed E-state index contributed by atoms with van der Waals surface area (Å²) >= 11 is 1.77. The molecule has 0 fully saturated rings. The number of quaternary nitrogens is 1. The van der Waals surface area contributed by atoms with Crippen LogP contribution in [0, 0.1) is 0 Å². The summed E-state index contributed by atoms with van der Waals surface area (Å²) in [6.07, 6.45) is 3.84. The fourth-order valence-corrected chi connectivity index (χ4v) is 3.34. The second-order valence-corrected chi connectivity index (χ2v) is 5.26. The molecule has 1 aliphatic rings. The number of rotatable bonds is 2. The van der Waals surface area contributed by atoms with Gasteiger partial charge in [-0.2, -0.15) is 0 Å². The molecule has 1 aromatic rings. The Bertz CT molecular complexity index is 483. The second kappa shape index (κ2) is 3.96.